The van der Waals surface area contributed by atoms with Crippen molar-refractivity contribution in [2.45, 2.75) is 14.0 Å². The summed E-state index contributed by atoms with van der Waals surface area (Å²) in [6.45, 7) is -0.00756. The van der Waals surface area contributed by atoms with Gasteiger partial charge in [0.15, 0.2) is 0 Å². The zero-order valence-corrected chi connectivity index (χ0v) is 11.2. The minimum atomic E-state index is -0.445. The molecule has 0 saturated heterocycles. The van der Waals surface area contributed by atoms with Gasteiger partial charge in [-0.1, -0.05) is 7.43 Å². The van der Waals surface area contributed by atoms with E-state index in [0.717, 1.165) is 4.68 Å². The summed E-state index contributed by atoms with van der Waals surface area (Å²) in [5, 5.41) is 3.86. The molecule has 2 aromatic rings. The van der Waals surface area contributed by atoms with Crippen LogP contribution in [-0.4, -0.2) is 20.9 Å². The Hall–Kier alpha value is -1.99. The molecule has 0 bridgehead atoms. The maximum Gasteiger partial charge on any atom is 0.350 e. The normalized spacial score (nSPS) is 10.7. The molecule has 8 heteroatoms. The van der Waals surface area contributed by atoms with Crippen LogP contribution in [0.4, 0.5) is 8.78 Å². The maximum atomic E-state index is 12.8. The first kappa shape index (κ1) is 19.0. The van der Waals surface area contributed by atoms with Crippen molar-refractivity contribution in [3.63, 3.8) is 0 Å². The molecule has 0 atom stereocenters. The molecule has 0 aliphatic carbocycles. The zero-order chi connectivity index (χ0) is 13.8. The van der Waals surface area contributed by atoms with Crippen molar-refractivity contribution >= 4 is 12.4 Å². The first-order valence-corrected chi connectivity index (χ1v) is 5.54. The van der Waals surface area contributed by atoms with Gasteiger partial charge in [-0.2, -0.15) is 5.10 Å². The van der Waals surface area contributed by atoms with Crippen LogP contribution in [0.2, 0.25) is 0 Å². The molecule has 0 aliphatic rings. The van der Waals surface area contributed by atoms with E-state index >= 15 is 0 Å². The Morgan fingerprint density at radius 2 is 1.95 bits per heavy atom. The van der Waals surface area contributed by atoms with Crippen LogP contribution in [0, 0.1) is 5.82 Å². The molecule has 0 aliphatic heterocycles. The molecule has 116 valence electrons. The topological polar surface area (TPSA) is 65.8 Å². The van der Waals surface area contributed by atoms with Crippen molar-refractivity contribution < 1.29 is 8.78 Å². The van der Waals surface area contributed by atoms with Gasteiger partial charge in [0.2, 0.25) is 0 Å². The number of benzene rings is 1. The van der Waals surface area contributed by atoms with Crippen LogP contribution in [0.5, 0.6) is 0 Å². The third-order valence-electron chi connectivity index (χ3n) is 2.61. The standard InChI is InChI=1S/C12H12F2N4O.CH4.ClH/c13-5-9(6-15)7-18-12(19)17(8-16-18)11-3-1-10(14)2-4-11;;/h1-5,8H,6-7,15H2;1H4;1H/b9-5+;;. The molecule has 2 N–H and O–H groups in total. The second kappa shape index (κ2) is 8.33. The van der Waals surface area contributed by atoms with Crippen molar-refractivity contribution in [2.24, 2.45) is 5.73 Å². The minimum Gasteiger partial charge on any atom is -0.327 e. The number of nitrogens with two attached hydrogens (primary N) is 1. The van der Waals surface area contributed by atoms with E-state index in [2.05, 4.69) is 5.10 Å². The Kier molecular flexibility index (Phi) is 7.54. The molecule has 1 heterocycles. The SMILES string of the molecule is C.Cl.NC/C(=C\F)Cn1ncn(-c2ccc(F)cc2)c1=O. The molecule has 0 amide bonds. The summed E-state index contributed by atoms with van der Waals surface area (Å²) in [6.07, 6.45) is 1.66. The van der Waals surface area contributed by atoms with E-state index in [1.807, 2.05) is 0 Å². The third kappa shape index (κ3) is 4.24. The Morgan fingerprint density at radius 1 is 1.33 bits per heavy atom. The van der Waals surface area contributed by atoms with Gasteiger partial charge < -0.3 is 5.73 Å². The zero-order valence-electron chi connectivity index (χ0n) is 10.4. The molecule has 5 nitrogen and oxygen atoms in total. The molecule has 2 rings (SSSR count). The lowest BCUT2D eigenvalue weighted by Crippen LogP contribution is -2.25. The number of rotatable bonds is 4. The molecule has 1 aromatic heterocycles. The molecule has 0 spiro atoms. The lowest BCUT2D eigenvalue weighted by molar-refractivity contribution is 0.612. The summed E-state index contributed by atoms with van der Waals surface area (Å²) in [5.41, 5.74) is 5.61. The maximum absolute atomic E-state index is 12.8. The lowest BCUT2D eigenvalue weighted by atomic mass is 10.3. The Labute approximate surface area is 127 Å². The second-order valence-electron chi connectivity index (χ2n) is 3.89. The smallest absolute Gasteiger partial charge is 0.327 e. The average Bonchev–Trinajstić information content (AvgIpc) is 2.78. The van der Waals surface area contributed by atoms with Crippen molar-refractivity contribution in [3.05, 3.63) is 58.8 Å². The Morgan fingerprint density at radius 3 is 2.48 bits per heavy atom. The summed E-state index contributed by atoms with van der Waals surface area (Å²) in [4.78, 5) is 12.0. The highest BCUT2D eigenvalue weighted by molar-refractivity contribution is 5.85. The van der Waals surface area contributed by atoms with Gasteiger partial charge >= 0.3 is 5.69 Å². The van der Waals surface area contributed by atoms with Crippen molar-refractivity contribution in [1.29, 1.82) is 0 Å². The molecule has 0 saturated carbocycles. The van der Waals surface area contributed by atoms with E-state index in [-0.39, 0.29) is 38.5 Å². The van der Waals surface area contributed by atoms with Crippen LogP contribution >= 0.6 is 12.4 Å². The van der Waals surface area contributed by atoms with Crippen LogP contribution in [0.25, 0.3) is 5.69 Å². The van der Waals surface area contributed by atoms with Crippen LogP contribution < -0.4 is 11.4 Å². The van der Waals surface area contributed by atoms with E-state index < -0.39 is 11.5 Å². The van der Waals surface area contributed by atoms with E-state index in [1.54, 1.807) is 0 Å². The second-order valence-corrected chi connectivity index (χ2v) is 3.89. The van der Waals surface area contributed by atoms with Crippen molar-refractivity contribution in [2.75, 3.05) is 6.54 Å². The molecular weight excluding hydrogens is 302 g/mol. The first-order chi connectivity index (χ1) is 9.15. The summed E-state index contributed by atoms with van der Waals surface area (Å²) in [6, 6.07) is 5.40. The van der Waals surface area contributed by atoms with Gasteiger partial charge in [0.1, 0.15) is 12.1 Å². The van der Waals surface area contributed by atoms with Crippen LogP contribution in [-0.2, 0) is 6.54 Å². The molecule has 0 fully saturated rings. The number of hydrogen-bond acceptors (Lipinski definition) is 3. The van der Waals surface area contributed by atoms with Gasteiger partial charge in [-0.05, 0) is 29.8 Å². The third-order valence-corrected chi connectivity index (χ3v) is 2.61. The van der Waals surface area contributed by atoms with Crippen molar-refractivity contribution in [1.82, 2.24) is 14.3 Å². The Balaban J connectivity index is 0.00000200. The molecule has 0 unspecified atom stereocenters. The summed E-state index contributed by atoms with van der Waals surface area (Å²) < 4.78 is 27.5. The predicted molar refractivity (Wildman–Crippen MR) is 80.0 cm³/mol. The molecular formula is C13H17ClF2N4O. The van der Waals surface area contributed by atoms with Crippen LogP contribution in [0.15, 0.2) is 47.3 Å². The van der Waals surface area contributed by atoms with Gasteiger partial charge in [0.25, 0.3) is 0 Å². The highest BCUT2D eigenvalue weighted by Gasteiger charge is 2.08. The van der Waals surface area contributed by atoms with Gasteiger partial charge in [0, 0.05) is 6.54 Å². The fraction of sp³-hybridized carbons (Fsp3) is 0.231. The lowest BCUT2D eigenvalue weighted by Gasteiger charge is -2.02. The van der Waals surface area contributed by atoms with E-state index in [1.165, 1.54) is 35.2 Å². The number of halogens is 3. The Bertz CT molecular complexity index is 649. The summed E-state index contributed by atoms with van der Waals surface area (Å²) >= 11 is 0. The highest BCUT2D eigenvalue weighted by Crippen LogP contribution is 2.06. The van der Waals surface area contributed by atoms with Gasteiger partial charge in [-0.15, -0.1) is 12.4 Å². The summed E-state index contributed by atoms with van der Waals surface area (Å²) in [5.74, 6) is -0.394. The van der Waals surface area contributed by atoms with E-state index in [9.17, 15) is 13.6 Å². The van der Waals surface area contributed by atoms with Crippen LogP contribution in [0.1, 0.15) is 7.43 Å². The van der Waals surface area contributed by atoms with Crippen LogP contribution in [0.3, 0.4) is 0 Å². The van der Waals surface area contributed by atoms with Gasteiger partial charge in [-0.3, -0.25) is 0 Å². The number of nitrogens with zero attached hydrogens (tertiary/aromatic N) is 3. The molecule has 21 heavy (non-hydrogen) atoms. The molecule has 1 aromatic carbocycles. The largest absolute Gasteiger partial charge is 0.350 e. The predicted octanol–water partition coefficient (Wildman–Crippen LogP) is 2.04. The quantitative estimate of drug-likeness (QED) is 0.938. The van der Waals surface area contributed by atoms with E-state index in [0.29, 0.717) is 12.0 Å². The fourth-order valence-electron chi connectivity index (χ4n) is 1.56. The monoisotopic (exact) mass is 318 g/mol. The average molecular weight is 319 g/mol. The summed E-state index contributed by atoms with van der Waals surface area (Å²) in [7, 11) is 0. The molecule has 0 radical (unpaired) electrons. The van der Waals surface area contributed by atoms with Crippen molar-refractivity contribution in [3.8, 4) is 5.69 Å². The highest BCUT2D eigenvalue weighted by atomic mass is 35.5. The van der Waals surface area contributed by atoms with Gasteiger partial charge in [-0.25, -0.2) is 22.8 Å². The number of hydrogen-bond donors (Lipinski definition) is 1. The van der Waals surface area contributed by atoms with Gasteiger partial charge in [0.05, 0.1) is 18.6 Å². The van der Waals surface area contributed by atoms with E-state index in [4.69, 9.17) is 5.73 Å². The minimum absolute atomic E-state index is 0. The fourth-order valence-corrected chi connectivity index (χ4v) is 1.56. The number of aromatic nitrogens is 3. The first-order valence-electron chi connectivity index (χ1n) is 5.54.